The molecule has 6 fully saturated rings. The molecule has 4 heteroatoms. The number of hydrogen-bond acceptors (Lipinski definition) is 3. The van der Waals surface area contributed by atoms with Crippen molar-refractivity contribution in [3.8, 4) is 0 Å². The quantitative estimate of drug-likeness (QED) is 0.155. The number of unbranched alkanes of at least 4 members (excludes halogenated alkanes) is 1. The summed E-state index contributed by atoms with van der Waals surface area (Å²) in [5, 5.41) is 0. The molecule has 0 aromatic heterocycles. The summed E-state index contributed by atoms with van der Waals surface area (Å²) in [7, 11) is -2.54. The van der Waals surface area contributed by atoms with E-state index in [0.29, 0.717) is 41.4 Å². The Balaban J connectivity index is 1.59. The van der Waals surface area contributed by atoms with Crippen molar-refractivity contribution in [2.75, 3.05) is 0 Å². The van der Waals surface area contributed by atoms with Crippen LogP contribution < -0.4 is 0 Å². The van der Waals surface area contributed by atoms with Crippen LogP contribution in [-0.2, 0) is 15.4 Å². The first kappa shape index (κ1) is 69.6. The van der Waals surface area contributed by atoms with Crippen molar-refractivity contribution < 1.29 is 14.3 Å². The van der Waals surface area contributed by atoms with Crippen LogP contribution in [0.4, 0.5) is 0 Å². The third kappa shape index (κ3) is 20.9. The first-order chi connectivity index (χ1) is 42.1. The minimum absolute atomic E-state index is 0.111. The first-order valence-corrected chi connectivity index (χ1v) is 40.3. The third-order valence-corrected chi connectivity index (χ3v) is 25.3. The van der Waals surface area contributed by atoms with Crippen molar-refractivity contribution in [2.45, 2.75) is 408 Å². The molecule has 6 saturated carbocycles. The van der Waals surface area contributed by atoms with Gasteiger partial charge in [0.15, 0.2) is 0 Å². The second kappa shape index (κ2) is 40.6. The molecule has 2 aromatic carbocycles. The summed E-state index contributed by atoms with van der Waals surface area (Å²) in [6, 6.07) is 21.7. The molecule has 8 rings (SSSR count). The zero-order chi connectivity index (χ0) is 58.9. The summed E-state index contributed by atoms with van der Waals surface area (Å²) in [6.45, 7) is 2.38. The minimum Gasteiger partial charge on any atom is -0.328 e. The molecule has 0 heterocycles. The Hall–Kier alpha value is -1.25. The van der Waals surface area contributed by atoms with Gasteiger partial charge in [0, 0.05) is 10.8 Å². The molecular weight excluding hydrogens is 1050 g/mol. The van der Waals surface area contributed by atoms with E-state index in [1.54, 1.807) is 11.1 Å². The summed E-state index contributed by atoms with van der Waals surface area (Å²) in [5.74, 6) is 3.77. The van der Waals surface area contributed by atoms with Crippen molar-refractivity contribution in [3.63, 3.8) is 0 Å². The van der Waals surface area contributed by atoms with Crippen LogP contribution in [0, 0.1) is 29.6 Å². The highest BCUT2D eigenvalue weighted by Crippen LogP contribution is 2.68. The van der Waals surface area contributed by atoms with Gasteiger partial charge in [0.25, 0.3) is 0 Å². The van der Waals surface area contributed by atoms with E-state index >= 15 is 0 Å². The number of hydrogen-bond donors (Lipinski definition) is 2. The van der Waals surface area contributed by atoms with E-state index in [-0.39, 0.29) is 16.9 Å². The van der Waals surface area contributed by atoms with Crippen LogP contribution in [0.5, 0.6) is 0 Å². The lowest BCUT2D eigenvalue weighted by Crippen LogP contribution is -2.62. The summed E-state index contributed by atoms with van der Waals surface area (Å²) in [4.78, 5) is 23.4. The minimum atomic E-state index is -2.54. The molecule has 1 atom stereocenters. The molecule has 0 radical (unpaired) electrons. The monoisotopic (exact) mass is 1190 g/mol. The molecule has 0 amide bonds. The standard InChI is InChI=1S/C81H137O3P/c1-2-3-62-74(84-85(82)83)67-79(80(70-54-38-26-14-6-15-27-39-55-70,71-56-40-28-16-7-17-29-41-57-71)77-65-48-46-63-75(77)68-50-34-22-10-4-11-23-35-51-68)81(72-58-42-30-18-8-19-31-43-59-72,73-60-44-32-20-9-21-33-45-61-73)78-66-49-47-64-76(78)69-52-36-24-12-5-13-25-37-53-69/h46-49,63-66,68-74,79,82-83H,2-45,50-62,67H2,1H3. The van der Waals surface area contributed by atoms with Gasteiger partial charge in [0.05, 0.1) is 6.10 Å². The molecule has 3 nitrogen and oxygen atoms in total. The summed E-state index contributed by atoms with van der Waals surface area (Å²) >= 11 is 0. The van der Waals surface area contributed by atoms with Gasteiger partial charge in [-0.15, -0.1) is 0 Å². The van der Waals surface area contributed by atoms with Gasteiger partial charge >= 0.3 is 8.60 Å². The molecular formula is C81H137O3P. The topological polar surface area (TPSA) is 49.7 Å². The second-order valence-corrected chi connectivity index (χ2v) is 31.2. The Bertz CT molecular complexity index is 1770. The fourth-order valence-corrected chi connectivity index (χ4v) is 21.2. The predicted octanol–water partition coefficient (Wildman–Crippen LogP) is 26.4. The van der Waals surface area contributed by atoms with Crippen molar-refractivity contribution >= 4 is 8.60 Å². The summed E-state index contributed by atoms with van der Waals surface area (Å²) in [5.41, 5.74) is 7.09. The molecule has 0 aliphatic heterocycles. The maximum Gasteiger partial charge on any atom is 0.327 e. The van der Waals surface area contributed by atoms with E-state index in [1.807, 2.05) is 11.1 Å². The van der Waals surface area contributed by atoms with Crippen molar-refractivity contribution in [2.24, 2.45) is 29.6 Å². The van der Waals surface area contributed by atoms with Gasteiger partial charge < -0.3 is 14.3 Å². The van der Waals surface area contributed by atoms with Crippen molar-refractivity contribution in [1.82, 2.24) is 0 Å². The van der Waals surface area contributed by atoms with Crippen LogP contribution in [0.1, 0.15) is 413 Å². The Morgan fingerprint density at radius 1 is 0.353 bits per heavy atom. The molecule has 2 aromatic rings. The Labute approximate surface area is 528 Å². The zero-order valence-corrected chi connectivity index (χ0v) is 56.9. The molecule has 0 spiro atoms. The molecule has 6 aliphatic carbocycles. The van der Waals surface area contributed by atoms with Gasteiger partial charge in [-0.2, -0.15) is 0 Å². The zero-order valence-electron chi connectivity index (χ0n) is 56.0. The Kier molecular flexibility index (Phi) is 33.2. The average molecular weight is 1190 g/mol. The highest BCUT2D eigenvalue weighted by atomic mass is 31.2. The highest BCUT2D eigenvalue weighted by molar-refractivity contribution is 7.39. The molecule has 0 bridgehead atoms. The Morgan fingerprint density at radius 2 is 0.588 bits per heavy atom. The van der Waals surface area contributed by atoms with Gasteiger partial charge in [0.1, 0.15) is 0 Å². The maximum absolute atomic E-state index is 11.7. The number of rotatable bonds is 17. The lowest BCUT2D eigenvalue weighted by atomic mass is 9.39. The van der Waals surface area contributed by atoms with E-state index in [9.17, 15) is 9.79 Å². The van der Waals surface area contributed by atoms with Gasteiger partial charge in [-0.05, 0) is 154 Å². The van der Waals surface area contributed by atoms with E-state index < -0.39 is 8.60 Å². The lowest BCUT2D eigenvalue weighted by molar-refractivity contribution is -0.0673. The first-order valence-electron chi connectivity index (χ1n) is 39.1. The van der Waals surface area contributed by atoms with Crippen LogP contribution in [0.15, 0.2) is 48.5 Å². The van der Waals surface area contributed by atoms with E-state index in [0.717, 1.165) is 25.7 Å². The molecule has 484 valence electrons. The van der Waals surface area contributed by atoms with Gasteiger partial charge in [0.2, 0.25) is 0 Å². The van der Waals surface area contributed by atoms with Crippen LogP contribution in [0.2, 0.25) is 0 Å². The van der Waals surface area contributed by atoms with Crippen molar-refractivity contribution in [1.29, 1.82) is 0 Å². The van der Waals surface area contributed by atoms with E-state index in [2.05, 4.69) is 55.5 Å². The fourth-order valence-electron chi connectivity index (χ4n) is 20.8. The average Bonchev–Trinajstić information content (AvgIpc) is 0.745. The fraction of sp³-hybridized carbons (Fsp3) is 0.852. The summed E-state index contributed by atoms with van der Waals surface area (Å²) in [6.07, 6.45) is 78.5. The molecule has 1 unspecified atom stereocenters. The van der Waals surface area contributed by atoms with Crippen LogP contribution in [-0.4, -0.2) is 15.9 Å². The van der Waals surface area contributed by atoms with E-state index in [1.165, 1.54) is 347 Å². The van der Waals surface area contributed by atoms with Gasteiger partial charge in [-0.1, -0.05) is 338 Å². The smallest absolute Gasteiger partial charge is 0.327 e. The lowest BCUT2D eigenvalue weighted by Gasteiger charge is -2.64. The second-order valence-electron chi connectivity index (χ2n) is 30.4. The highest BCUT2D eigenvalue weighted by Gasteiger charge is 2.63. The molecule has 0 saturated heterocycles. The number of benzene rings is 2. The maximum atomic E-state index is 11.7. The largest absolute Gasteiger partial charge is 0.328 e. The van der Waals surface area contributed by atoms with Crippen LogP contribution >= 0.6 is 8.60 Å². The van der Waals surface area contributed by atoms with E-state index in [4.69, 9.17) is 4.52 Å². The predicted molar refractivity (Wildman–Crippen MR) is 369 cm³/mol. The molecule has 85 heavy (non-hydrogen) atoms. The normalized spacial score (nSPS) is 23.9. The van der Waals surface area contributed by atoms with Gasteiger partial charge in [-0.25, -0.2) is 0 Å². The van der Waals surface area contributed by atoms with Crippen LogP contribution in [0.25, 0.3) is 0 Å². The van der Waals surface area contributed by atoms with Gasteiger partial charge in [-0.3, -0.25) is 0 Å². The molecule has 2 N–H and O–H groups in total. The summed E-state index contributed by atoms with van der Waals surface area (Å²) < 4.78 is 7.10. The third-order valence-electron chi connectivity index (χ3n) is 24.8. The molecule has 6 aliphatic rings. The SMILES string of the molecule is CCCCC(CC(C(c1ccccc1C1CCCCCCCCC1)(C1CCCCCCCCC1)C1CCCCCCCCC1)C(c1ccccc1C1CCCCCCCCC1)(C1CCCCCCCCC1)C1CCCCCCCCC1)OP(O)O. The van der Waals surface area contributed by atoms with Crippen LogP contribution in [0.3, 0.4) is 0 Å². The Morgan fingerprint density at radius 3 is 0.835 bits per heavy atom. The van der Waals surface area contributed by atoms with Crippen molar-refractivity contribution in [3.05, 3.63) is 70.8 Å².